The molecule has 0 saturated heterocycles. The molecule has 1 aliphatic carbocycles. The van der Waals surface area contributed by atoms with Crippen molar-refractivity contribution in [3.05, 3.63) is 24.2 Å². The molecule has 0 unspecified atom stereocenters. The van der Waals surface area contributed by atoms with Crippen molar-refractivity contribution in [2.75, 3.05) is 0 Å². The minimum absolute atomic E-state index is 0.0489. The molecule has 98 valence electrons. The third-order valence-corrected chi connectivity index (χ3v) is 3.04. The lowest BCUT2D eigenvalue weighted by Gasteiger charge is -2.16. The minimum Gasteiger partial charge on any atom is -0.467 e. The summed E-state index contributed by atoms with van der Waals surface area (Å²) in [6.45, 7) is 4.09. The fraction of sp³-hybridized carbons (Fsp3) is 0.538. The van der Waals surface area contributed by atoms with E-state index in [1.807, 2.05) is 13.8 Å². The van der Waals surface area contributed by atoms with Gasteiger partial charge in [-0.2, -0.15) is 0 Å². The Labute approximate surface area is 106 Å². The van der Waals surface area contributed by atoms with E-state index >= 15 is 0 Å². The number of amides is 2. The second kappa shape index (κ2) is 4.84. The van der Waals surface area contributed by atoms with Gasteiger partial charge in [-0.25, -0.2) is 0 Å². The molecule has 1 saturated carbocycles. The highest BCUT2D eigenvalue weighted by Crippen LogP contribution is 2.46. The second-order valence-corrected chi connectivity index (χ2v) is 4.97. The molecule has 2 N–H and O–H groups in total. The van der Waals surface area contributed by atoms with Gasteiger partial charge in [0.2, 0.25) is 11.8 Å². The van der Waals surface area contributed by atoms with Crippen LogP contribution in [0.3, 0.4) is 0 Å². The third-order valence-electron chi connectivity index (χ3n) is 3.04. The van der Waals surface area contributed by atoms with Gasteiger partial charge in [0.25, 0.3) is 0 Å². The Bertz CT molecular complexity index is 433. The lowest BCUT2D eigenvalue weighted by atomic mass is 10.0. The van der Waals surface area contributed by atoms with Gasteiger partial charge < -0.3 is 15.1 Å². The average molecular weight is 250 g/mol. The predicted molar refractivity (Wildman–Crippen MR) is 65.5 cm³/mol. The van der Waals surface area contributed by atoms with E-state index in [0.717, 1.165) is 0 Å². The van der Waals surface area contributed by atoms with Gasteiger partial charge >= 0.3 is 0 Å². The van der Waals surface area contributed by atoms with Crippen LogP contribution in [0.25, 0.3) is 0 Å². The zero-order chi connectivity index (χ0) is 13.2. The quantitative estimate of drug-likeness (QED) is 0.771. The van der Waals surface area contributed by atoms with Crippen molar-refractivity contribution < 1.29 is 14.0 Å². The van der Waals surface area contributed by atoms with E-state index in [1.165, 1.54) is 0 Å². The predicted octanol–water partition coefficient (Wildman–Crippen LogP) is 1.20. The van der Waals surface area contributed by atoms with Crippen molar-refractivity contribution in [2.24, 2.45) is 5.41 Å². The van der Waals surface area contributed by atoms with E-state index in [0.29, 0.717) is 25.1 Å². The van der Waals surface area contributed by atoms with E-state index in [1.54, 1.807) is 18.4 Å². The van der Waals surface area contributed by atoms with E-state index < -0.39 is 5.41 Å². The second-order valence-electron chi connectivity index (χ2n) is 4.97. The minimum atomic E-state index is -0.850. The Kier molecular flexibility index (Phi) is 3.41. The maximum Gasteiger partial charge on any atom is 0.236 e. The summed E-state index contributed by atoms with van der Waals surface area (Å²) >= 11 is 0. The first-order chi connectivity index (χ1) is 8.54. The number of carbonyl (C=O) groups is 2. The van der Waals surface area contributed by atoms with Crippen molar-refractivity contribution in [2.45, 2.75) is 39.3 Å². The third kappa shape index (κ3) is 2.55. The molecule has 1 fully saturated rings. The zero-order valence-electron chi connectivity index (χ0n) is 10.7. The molecule has 0 aromatic carbocycles. The molecule has 0 bridgehead atoms. The lowest BCUT2D eigenvalue weighted by Crippen LogP contribution is -2.44. The maximum absolute atomic E-state index is 12.0. The van der Waals surface area contributed by atoms with Gasteiger partial charge in [-0.05, 0) is 38.8 Å². The summed E-state index contributed by atoms with van der Waals surface area (Å²) in [5.74, 6) is 0.301. The molecule has 5 heteroatoms. The molecule has 0 spiro atoms. The summed E-state index contributed by atoms with van der Waals surface area (Å²) in [7, 11) is 0. The first kappa shape index (κ1) is 12.7. The van der Waals surface area contributed by atoms with Crippen LogP contribution in [-0.4, -0.2) is 17.9 Å². The molecule has 5 nitrogen and oxygen atoms in total. The Morgan fingerprint density at radius 1 is 1.39 bits per heavy atom. The molecular formula is C13H18N2O3. The first-order valence-corrected chi connectivity index (χ1v) is 6.16. The molecule has 2 rings (SSSR count). The first-order valence-electron chi connectivity index (χ1n) is 6.16. The van der Waals surface area contributed by atoms with Crippen LogP contribution in [0.4, 0.5) is 0 Å². The molecule has 0 aliphatic heterocycles. The van der Waals surface area contributed by atoms with Crippen molar-refractivity contribution in [3.63, 3.8) is 0 Å². The van der Waals surface area contributed by atoms with Gasteiger partial charge in [-0.1, -0.05) is 0 Å². The molecule has 18 heavy (non-hydrogen) atoms. The lowest BCUT2D eigenvalue weighted by molar-refractivity contribution is -0.137. The molecule has 1 aromatic heterocycles. The zero-order valence-corrected chi connectivity index (χ0v) is 10.7. The number of carbonyl (C=O) groups excluding carboxylic acids is 2. The fourth-order valence-electron chi connectivity index (χ4n) is 1.83. The molecule has 1 heterocycles. The van der Waals surface area contributed by atoms with Gasteiger partial charge in [0.05, 0.1) is 12.8 Å². The van der Waals surface area contributed by atoms with Crippen LogP contribution in [-0.2, 0) is 16.1 Å². The van der Waals surface area contributed by atoms with Crippen LogP contribution < -0.4 is 10.6 Å². The summed E-state index contributed by atoms with van der Waals surface area (Å²) in [4.78, 5) is 24.0. The molecule has 1 aromatic rings. The normalized spacial score (nSPS) is 16.4. The smallest absolute Gasteiger partial charge is 0.236 e. The fourth-order valence-corrected chi connectivity index (χ4v) is 1.83. The summed E-state index contributed by atoms with van der Waals surface area (Å²) in [5.41, 5.74) is -0.850. The topological polar surface area (TPSA) is 71.3 Å². The van der Waals surface area contributed by atoms with Gasteiger partial charge in [0, 0.05) is 6.04 Å². The molecule has 0 radical (unpaired) electrons. The Morgan fingerprint density at radius 3 is 2.61 bits per heavy atom. The highest BCUT2D eigenvalue weighted by Gasteiger charge is 2.56. The highest BCUT2D eigenvalue weighted by molar-refractivity contribution is 6.07. The van der Waals surface area contributed by atoms with Crippen molar-refractivity contribution in [1.29, 1.82) is 0 Å². The van der Waals surface area contributed by atoms with Crippen LogP contribution in [0.15, 0.2) is 22.8 Å². The number of rotatable bonds is 5. The number of hydrogen-bond donors (Lipinski definition) is 2. The van der Waals surface area contributed by atoms with Crippen LogP contribution in [0.1, 0.15) is 32.4 Å². The summed E-state index contributed by atoms with van der Waals surface area (Å²) in [6.07, 6.45) is 2.80. The van der Waals surface area contributed by atoms with Crippen LogP contribution in [0.5, 0.6) is 0 Å². The van der Waals surface area contributed by atoms with E-state index in [-0.39, 0.29) is 17.9 Å². The van der Waals surface area contributed by atoms with E-state index in [9.17, 15) is 9.59 Å². The van der Waals surface area contributed by atoms with Crippen molar-refractivity contribution >= 4 is 11.8 Å². The molecule has 2 amide bonds. The highest BCUT2D eigenvalue weighted by atomic mass is 16.3. The Balaban J connectivity index is 1.90. The van der Waals surface area contributed by atoms with Gasteiger partial charge in [-0.3, -0.25) is 9.59 Å². The average Bonchev–Trinajstić information content (AvgIpc) is 2.96. The largest absolute Gasteiger partial charge is 0.467 e. The van der Waals surface area contributed by atoms with Crippen LogP contribution >= 0.6 is 0 Å². The number of nitrogens with one attached hydrogen (secondary N) is 2. The molecular weight excluding hydrogens is 232 g/mol. The van der Waals surface area contributed by atoms with Crippen molar-refractivity contribution in [3.8, 4) is 0 Å². The Morgan fingerprint density at radius 2 is 2.11 bits per heavy atom. The SMILES string of the molecule is CC(C)NC(=O)C1(C(=O)NCc2ccco2)CC1. The summed E-state index contributed by atoms with van der Waals surface area (Å²) < 4.78 is 5.13. The van der Waals surface area contributed by atoms with E-state index in [2.05, 4.69) is 10.6 Å². The molecule has 1 aliphatic rings. The molecule has 0 atom stereocenters. The maximum atomic E-state index is 12.0. The van der Waals surface area contributed by atoms with Gasteiger partial charge in [0.15, 0.2) is 0 Å². The standard InChI is InChI=1S/C13H18N2O3/c1-9(2)15-12(17)13(5-6-13)11(16)14-8-10-4-3-7-18-10/h3-4,7,9H,5-6,8H2,1-2H3,(H,14,16)(H,15,17). The van der Waals surface area contributed by atoms with Crippen molar-refractivity contribution in [1.82, 2.24) is 10.6 Å². The Hall–Kier alpha value is -1.78. The number of hydrogen-bond acceptors (Lipinski definition) is 3. The van der Waals surface area contributed by atoms with Crippen LogP contribution in [0, 0.1) is 5.41 Å². The van der Waals surface area contributed by atoms with Gasteiger partial charge in [-0.15, -0.1) is 0 Å². The summed E-state index contributed by atoms with van der Waals surface area (Å²) in [5, 5.41) is 5.54. The van der Waals surface area contributed by atoms with Gasteiger partial charge in [0.1, 0.15) is 11.2 Å². The number of furan rings is 1. The van der Waals surface area contributed by atoms with Crippen LogP contribution in [0.2, 0.25) is 0 Å². The summed E-state index contributed by atoms with van der Waals surface area (Å²) in [6, 6.07) is 3.60. The monoisotopic (exact) mass is 250 g/mol. The van der Waals surface area contributed by atoms with E-state index in [4.69, 9.17) is 4.42 Å².